The fourth-order valence-corrected chi connectivity index (χ4v) is 4.34. The van der Waals surface area contributed by atoms with Crippen molar-refractivity contribution in [3.05, 3.63) is 28.3 Å². The zero-order valence-electron chi connectivity index (χ0n) is 16.0. The molecule has 0 saturated carbocycles. The third kappa shape index (κ3) is 4.09. The number of alkyl halides is 2. The number of likely N-dealkylation sites (tertiary alicyclic amines) is 1. The second kappa shape index (κ2) is 7.98. The highest BCUT2D eigenvalue weighted by Gasteiger charge is 2.34. The quantitative estimate of drug-likeness (QED) is 0.687. The number of thiophene rings is 1. The smallest absolute Gasteiger partial charge is 0.310 e. The van der Waals surface area contributed by atoms with Gasteiger partial charge in [-0.1, -0.05) is 5.16 Å². The van der Waals surface area contributed by atoms with Crippen LogP contribution in [-0.4, -0.2) is 41.6 Å². The van der Waals surface area contributed by atoms with Gasteiger partial charge >= 0.3 is 11.9 Å². The number of rotatable bonds is 5. The van der Waals surface area contributed by atoms with Crippen LogP contribution in [0.5, 0.6) is 0 Å². The van der Waals surface area contributed by atoms with Crippen molar-refractivity contribution in [2.24, 2.45) is 5.92 Å². The molecule has 0 aromatic carbocycles. The Bertz CT molecular complexity index is 872. The molecule has 28 heavy (non-hydrogen) atoms. The van der Waals surface area contributed by atoms with Crippen molar-refractivity contribution in [2.45, 2.75) is 39.5 Å². The molecule has 1 aliphatic rings. The average molecular weight is 412 g/mol. The first-order chi connectivity index (χ1) is 13.2. The number of amides is 1. The molecule has 3 heterocycles. The van der Waals surface area contributed by atoms with E-state index in [0.717, 1.165) is 13.3 Å². The Hall–Kier alpha value is -2.29. The third-order valence-corrected chi connectivity index (χ3v) is 5.78. The van der Waals surface area contributed by atoms with Crippen molar-refractivity contribution in [2.75, 3.05) is 19.7 Å². The van der Waals surface area contributed by atoms with Gasteiger partial charge in [-0.05, 0) is 38.8 Å². The lowest BCUT2D eigenvalue weighted by Gasteiger charge is -2.31. The summed E-state index contributed by atoms with van der Waals surface area (Å²) < 4.78 is 37.0. The first-order valence-corrected chi connectivity index (χ1v) is 9.94. The molecule has 0 bridgehead atoms. The van der Waals surface area contributed by atoms with Gasteiger partial charge in [-0.25, -0.2) is 0 Å². The topological polar surface area (TPSA) is 72.6 Å². The van der Waals surface area contributed by atoms with E-state index >= 15 is 0 Å². The predicted molar refractivity (Wildman–Crippen MR) is 99.4 cm³/mol. The average Bonchev–Trinajstić information content (AvgIpc) is 3.27. The summed E-state index contributed by atoms with van der Waals surface area (Å²) in [6.07, 6.45) is 1.43. The van der Waals surface area contributed by atoms with Gasteiger partial charge in [-0.2, -0.15) is 8.78 Å². The van der Waals surface area contributed by atoms with Gasteiger partial charge in [-0.3, -0.25) is 9.59 Å². The number of carbonyl (C=O) groups excluding carboxylic acids is 2. The van der Waals surface area contributed by atoms with Crippen LogP contribution in [0.2, 0.25) is 0 Å². The van der Waals surface area contributed by atoms with Crippen LogP contribution in [0.15, 0.2) is 16.7 Å². The summed E-state index contributed by atoms with van der Waals surface area (Å²) >= 11 is 1.17. The van der Waals surface area contributed by atoms with Gasteiger partial charge in [0, 0.05) is 25.6 Å². The van der Waals surface area contributed by atoms with Crippen LogP contribution in [0.3, 0.4) is 0 Å². The Morgan fingerprint density at radius 1 is 1.43 bits per heavy atom. The van der Waals surface area contributed by atoms with E-state index in [0.29, 0.717) is 41.6 Å². The summed E-state index contributed by atoms with van der Waals surface area (Å²) in [5, 5.41) is 3.76. The molecule has 0 N–H and O–H groups in total. The number of esters is 1. The van der Waals surface area contributed by atoms with E-state index in [-0.39, 0.29) is 23.4 Å². The fourth-order valence-electron chi connectivity index (χ4n) is 3.32. The molecule has 2 aromatic heterocycles. The maximum absolute atomic E-state index is 13.5. The minimum atomic E-state index is -3.12. The van der Waals surface area contributed by atoms with Gasteiger partial charge in [0.15, 0.2) is 0 Å². The normalized spacial score (nSPS) is 17.6. The Morgan fingerprint density at radius 3 is 2.82 bits per heavy atom. The number of hydrogen-bond donors (Lipinski definition) is 0. The predicted octanol–water partition coefficient (Wildman–Crippen LogP) is 4.24. The number of carbonyl (C=O) groups is 2. The SMILES string of the molecule is CCOC(=O)[C@@H]1CCCN(C(=O)c2ccc(-c3noc(C(C)(F)F)c3C)s2)C1. The Labute approximate surface area is 165 Å². The molecule has 0 aliphatic carbocycles. The Balaban J connectivity index is 1.76. The lowest BCUT2D eigenvalue weighted by Crippen LogP contribution is -2.42. The first kappa shape index (κ1) is 20.4. The van der Waals surface area contributed by atoms with Gasteiger partial charge in [0.25, 0.3) is 5.91 Å². The number of nitrogens with zero attached hydrogens (tertiary/aromatic N) is 2. The van der Waals surface area contributed by atoms with Crippen molar-refractivity contribution in [1.29, 1.82) is 0 Å². The lowest BCUT2D eigenvalue weighted by atomic mass is 9.98. The third-order valence-electron chi connectivity index (χ3n) is 4.70. The molecule has 0 unspecified atom stereocenters. The Morgan fingerprint density at radius 2 is 2.18 bits per heavy atom. The van der Waals surface area contributed by atoms with E-state index in [1.165, 1.54) is 18.3 Å². The molecule has 152 valence electrons. The standard InChI is InChI=1S/C19H22F2N2O4S/c1-4-26-18(25)12-6-5-9-23(10-12)17(24)14-8-7-13(28-14)15-11(2)16(27-22-15)19(3,20)21/h7-8,12H,4-6,9-10H2,1-3H3/t12-/m1/s1. The van der Waals surface area contributed by atoms with Gasteiger partial charge in [0.2, 0.25) is 5.76 Å². The molecule has 1 fully saturated rings. The maximum Gasteiger partial charge on any atom is 0.310 e. The number of ether oxygens (including phenoxy) is 1. The molecular weight excluding hydrogens is 390 g/mol. The lowest BCUT2D eigenvalue weighted by molar-refractivity contribution is -0.149. The molecule has 0 spiro atoms. The zero-order chi connectivity index (χ0) is 20.5. The molecule has 1 atom stereocenters. The highest BCUT2D eigenvalue weighted by molar-refractivity contribution is 7.17. The summed E-state index contributed by atoms with van der Waals surface area (Å²) in [6.45, 7) is 5.23. The van der Waals surface area contributed by atoms with Gasteiger partial charge in [0.05, 0.1) is 22.3 Å². The van der Waals surface area contributed by atoms with Crippen molar-refractivity contribution >= 4 is 23.2 Å². The number of aromatic nitrogens is 1. The van der Waals surface area contributed by atoms with Crippen molar-refractivity contribution in [3.8, 4) is 10.6 Å². The molecule has 1 aliphatic heterocycles. The molecule has 6 nitrogen and oxygen atoms in total. The molecule has 0 radical (unpaired) electrons. The van der Waals surface area contributed by atoms with Gasteiger partial charge in [0.1, 0.15) is 5.69 Å². The second-order valence-electron chi connectivity index (χ2n) is 6.88. The van der Waals surface area contributed by atoms with E-state index in [1.54, 1.807) is 24.0 Å². The van der Waals surface area contributed by atoms with Gasteiger partial charge < -0.3 is 14.2 Å². The van der Waals surface area contributed by atoms with Crippen LogP contribution < -0.4 is 0 Å². The van der Waals surface area contributed by atoms with Crippen LogP contribution in [0.1, 0.15) is 47.7 Å². The molecule has 1 saturated heterocycles. The van der Waals surface area contributed by atoms with Crippen molar-refractivity contribution in [1.82, 2.24) is 10.1 Å². The minimum Gasteiger partial charge on any atom is -0.466 e. The zero-order valence-corrected chi connectivity index (χ0v) is 16.8. The largest absolute Gasteiger partial charge is 0.466 e. The minimum absolute atomic E-state index is 0.188. The number of piperidine rings is 1. The summed E-state index contributed by atoms with van der Waals surface area (Å²) in [7, 11) is 0. The van der Waals surface area contributed by atoms with E-state index in [4.69, 9.17) is 9.26 Å². The fraction of sp³-hybridized carbons (Fsp3) is 0.526. The highest BCUT2D eigenvalue weighted by Crippen LogP contribution is 2.37. The van der Waals surface area contributed by atoms with Gasteiger partial charge in [-0.15, -0.1) is 11.3 Å². The van der Waals surface area contributed by atoms with Crippen LogP contribution in [-0.2, 0) is 15.5 Å². The van der Waals surface area contributed by atoms with Crippen LogP contribution in [0, 0.1) is 12.8 Å². The molecule has 2 aromatic rings. The van der Waals surface area contributed by atoms with E-state index in [2.05, 4.69) is 5.16 Å². The summed E-state index contributed by atoms with van der Waals surface area (Å²) in [6, 6.07) is 3.32. The van der Waals surface area contributed by atoms with Crippen LogP contribution in [0.4, 0.5) is 8.78 Å². The Kier molecular flexibility index (Phi) is 5.83. The maximum atomic E-state index is 13.5. The monoisotopic (exact) mass is 412 g/mol. The van der Waals surface area contributed by atoms with E-state index in [9.17, 15) is 18.4 Å². The number of hydrogen-bond acceptors (Lipinski definition) is 6. The first-order valence-electron chi connectivity index (χ1n) is 9.13. The molecule has 9 heteroatoms. The summed E-state index contributed by atoms with van der Waals surface area (Å²) in [5.74, 6) is -4.38. The second-order valence-corrected chi connectivity index (χ2v) is 7.96. The highest BCUT2D eigenvalue weighted by atomic mass is 32.1. The van der Waals surface area contributed by atoms with E-state index < -0.39 is 11.7 Å². The van der Waals surface area contributed by atoms with Crippen molar-refractivity contribution in [3.63, 3.8) is 0 Å². The molecular formula is C19H22F2N2O4S. The van der Waals surface area contributed by atoms with Crippen LogP contribution >= 0.6 is 11.3 Å². The summed E-state index contributed by atoms with van der Waals surface area (Å²) in [5.41, 5.74) is 0.567. The number of halogens is 2. The van der Waals surface area contributed by atoms with Crippen LogP contribution in [0.25, 0.3) is 10.6 Å². The molecule has 3 rings (SSSR count). The van der Waals surface area contributed by atoms with E-state index in [1.807, 2.05) is 0 Å². The van der Waals surface area contributed by atoms with Crippen molar-refractivity contribution < 1.29 is 27.6 Å². The summed E-state index contributed by atoms with van der Waals surface area (Å²) in [4.78, 5) is 27.5. The molecule has 1 amide bonds.